The van der Waals surface area contributed by atoms with Crippen LogP contribution in [0.2, 0.25) is 0 Å². The summed E-state index contributed by atoms with van der Waals surface area (Å²) in [7, 11) is 0. The highest BCUT2D eigenvalue weighted by Crippen LogP contribution is 2.60. The average molecular weight is 253 g/mol. The van der Waals surface area contributed by atoms with Crippen molar-refractivity contribution in [1.29, 1.82) is 0 Å². The van der Waals surface area contributed by atoms with E-state index >= 15 is 0 Å². The van der Waals surface area contributed by atoms with Gasteiger partial charge in [-0.2, -0.15) is 0 Å². The molecule has 0 spiro atoms. The van der Waals surface area contributed by atoms with E-state index in [9.17, 15) is 0 Å². The first-order valence-corrected chi connectivity index (χ1v) is 6.77. The van der Waals surface area contributed by atoms with Crippen LogP contribution >= 0.6 is 12.4 Å². The topological polar surface area (TPSA) is 17.8 Å². The maximum absolute atomic E-state index is 4.18. The highest BCUT2D eigenvalue weighted by atomic mass is 35.5. The minimum absolute atomic E-state index is 0. The van der Waals surface area contributed by atoms with Gasteiger partial charge in [0.2, 0.25) is 0 Å². The van der Waals surface area contributed by atoms with Crippen molar-refractivity contribution < 1.29 is 0 Å². The van der Waals surface area contributed by atoms with E-state index in [1.807, 2.05) is 12.5 Å². The van der Waals surface area contributed by atoms with Gasteiger partial charge >= 0.3 is 0 Å². The quantitative estimate of drug-likeness (QED) is 0.788. The van der Waals surface area contributed by atoms with Gasteiger partial charge in [0.1, 0.15) is 0 Å². The molecular weight excluding hydrogens is 232 g/mol. The highest BCUT2D eigenvalue weighted by Gasteiger charge is 2.50. The molecule has 4 aliphatic rings. The molecule has 2 nitrogen and oxygen atoms in total. The van der Waals surface area contributed by atoms with Gasteiger partial charge in [-0.1, -0.05) is 0 Å². The summed E-state index contributed by atoms with van der Waals surface area (Å²) in [6, 6.07) is 0. The molecule has 94 valence electrons. The largest absolute Gasteiger partial charge is 0.337 e. The van der Waals surface area contributed by atoms with E-state index in [1.165, 1.54) is 25.8 Å². The van der Waals surface area contributed by atoms with Crippen molar-refractivity contribution in [3.05, 3.63) is 18.7 Å². The van der Waals surface area contributed by atoms with Crippen LogP contribution in [0.5, 0.6) is 0 Å². The summed E-state index contributed by atoms with van der Waals surface area (Å²) in [5.74, 6) is 3.19. The lowest BCUT2D eigenvalue weighted by molar-refractivity contribution is -0.0619. The number of hydrogen-bond donors (Lipinski definition) is 0. The Morgan fingerprint density at radius 2 is 1.65 bits per heavy atom. The Morgan fingerprint density at radius 1 is 1.06 bits per heavy atom. The summed E-state index contributed by atoms with van der Waals surface area (Å²) in [6.45, 7) is 1.23. The third kappa shape index (κ3) is 1.91. The number of aromatic nitrogens is 2. The second kappa shape index (κ2) is 4.01. The summed E-state index contributed by atoms with van der Waals surface area (Å²) < 4.78 is 2.31. The van der Waals surface area contributed by atoms with Crippen LogP contribution in [0.3, 0.4) is 0 Å². The Hall–Kier alpha value is -0.500. The molecular formula is C14H21ClN2. The maximum Gasteiger partial charge on any atom is 0.0946 e. The molecule has 0 amide bonds. The van der Waals surface area contributed by atoms with Crippen LogP contribution in [0.1, 0.15) is 38.5 Å². The Balaban J connectivity index is 0.000000902. The van der Waals surface area contributed by atoms with Crippen molar-refractivity contribution in [1.82, 2.24) is 9.55 Å². The predicted molar refractivity (Wildman–Crippen MR) is 70.1 cm³/mol. The lowest BCUT2D eigenvalue weighted by atomic mass is 9.49. The van der Waals surface area contributed by atoms with Gasteiger partial charge in [0, 0.05) is 18.9 Å². The minimum Gasteiger partial charge on any atom is -0.337 e. The van der Waals surface area contributed by atoms with E-state index in [-0.39, 0.29) is 12.4 Å². The lowest BCUT2D eigenvalue weighted by Crippen LogP contribution is -2.47. The number of imidazole rings is 1. The minimum atomic E-state index is 0. The molecule has 0 N–H and O–H groups in total. The van der Waals surface area contributed by atoms with E-state index in [4.69, 9.17) is 0 Å². The van der Waals surface area contributed by atoms with E-state index in [2.05, 4.69) is 15.7 Å². The van der Waals surface area contributed by atoms with Gasteiger partial charge in [0.15, 0.2) is 0 Å². The number of halogens is 1. The molecule has 4 bridgehead atoms. The molecule has 0 atom stereocenters. The van der Waals surface area contributed by atoms with Crippen molar-refractivity contribution in [2.75, 3.05) is 0 Å². The molecule has 4 saturated carbocycles. The summed E-state index contributed by atoms with van der Waals surface area (Å²) in [4.78, 5) is 4.18. The second-order valence-electron chi connectivity index (χ2n) is 6.65. The second-order valence-corrected chi connectivity index (χ2v) is 6.65. The van der Waals surface area contributed by atoms with Crippen molar-refractivity contribution in [3.8, 4) is 0 Å². The SMILES string of the molecule is Cl.c1cn(CC23CC4CC(CC(C4)C2)C3)cn1. The molecule has 0 unspecified atom stereocenters. The zero-order valence-electron chi connectivity index (χ0n) is 10.2. The van der Waals surface area contributed by atoms with Gasteiger partial charge in [-0.3, -0.25) is 0 Å². The van der Waals surface area contributed by atoms with Crippen LogP contribution in [-0.4, -0.2) is 9.55 Å². The van der Waals surface area contributed by atoms with Gasteiger partial charge in [-0.15, -0.1) is 12.4 Å². The number of hydrogen-bond acceptors (Lipinski definition) is 1. The van der Waals surface area contributed by atoms with Gasteiger partial charge in [0.25, 0.3) is 0 Å². The van der Waals surface area contributed by atoms with Crippen molar-refractivity contribution in [2.45, 2.75) is 45.1 Å². The fraction of sp³-hybridized carbons (Fsp3) is 0.786. The number of rotatable bonds is 2. The first-order valence-electron chi connectivity index (χ1n) is 6.77. The third-order valence-electron chi connectivity index (χ3n) is 5.24. The van der Waals surface area contributed by atoms with E-state index < -0.39 is 0 Å². The molecule has 3 heteroatoms. The third-order valence-corrected chi connectivity index (χ3v) is 5.24. The van der Waals surface area contributed by atoms with E-state index in [0.29, 0.717) is 5.41 Å². The summed E-state index contributed by atoms with van der Waals surface area (Å²) in [5, 5.41) is 0. The predicted octanol–water partition coefficient (Wildman–Crippen LogP) is 3.52. The lowest BCUT2D eigenvalue weighted by Gasteiger charge is -2.57. The fourth-order valence-corrected chi connectivity index (χ4v) is 5.25. The zero-order chi connectivity index (χ0) is 10.6. The smallest absolute Gasteiger partial charge is 0.0946 e. The van der Waals surface area contributed by atoms with Gasteiger partial charge in [-0.25, -0.2) is 4.98 Å². The first-order chi connectivity index (χ1) is 7.81. The van der Waals surface area contributed by atoms with Crippen LogP contribution < -0.4 is 0 Å². The van der Waals surface area contributed by atoms with Gasteiger partial charge in [-0.05, 0) is 61.7 Å². The zero-order valence-corrected chi connectivity index (χ0v) is 11.0. The molecule has 1 heterocycles. The van der Waals surface area contributed by atoms with Crippen LogP contribution in [-0.2, 0) is 6.54 Å². The van der Waals surface area contributed by atoms with Crippen molar-refractivity contribution in [3.63, 3.8) is 0 Å². The Morgan fingerprint density at radius 3 is 2.12 bits per heavy atom. The van der Waals surface area contributed by atoms with E-state index in [1.54, 1.807) is 19.3 Å². The summed E-state index contributed by atoms with van der Waals surface area (Å²) in [6.07, 6.45) is 15.2. The van der Waals surface area contributed by atoms with Gasteiger partial charge < -0.3 is 4.57 Å². The standard InChI is InChI=1S/C14H20N2.ClH/c1-2-16(10-15-1)9-14-6-11-3-12(7-14)5-13(4-11)8-14;/h1-2,10-13H,3-9H2;1H. The molecule has 4 fully saturated rings. The maximum atomic E-state index is 4.18. The molecule has 1 aromatic rings. The van der Waals surface area contributed by atoms with Crippen molar-refractivity contribution in [2.24, 2.45) is 23.2 Å². The van der Waals surface area contributed by atoms with Gasteiger partial charge in [0.05, 0.1) is 6.33 Å². The highest BCUT2D eigenvalue weighted by molar-refractivity contribution is 5.85. The van der Waals surface area contributed by atoms with Crippen LogP contribution in [0.25, 0.3) is 0 Å². The Labute approximate surface area is 109 Å². The first kappa shape index (κ1) is 11.6. The molecule has 0 radical (unpaired) electrons. The van der Waals surface area contributed by atoms with Crippen LogP contribution in [0.15, 0.2) is 18.7 Å². The monoisotopic (exact) mass is 252 g/mol. The Bertz CT molecular complexity index is 350. The van der Waals surface area contributed by atoms with Crippen LogP contribution in [0.4, 0.5) is 0 Å². The number of nitrogens with zero attached hydrogens (tertiary/aromatic N) is 2. The van der Waals surface area contributed by atoms with E-state index in [0.717, 1.165) is 17.8 Å². The summed E-state index contributed by atoms with van der Waals surface area (Å²) in [5.41, 5.74) is 0.648. The van der Waals surface area contributed by atoms with Crippen molar-refractivity contribution >= 4 is 12.4 Å². The molecule has 0 aliphatic heterocycles. The molecule has 5 rings (SSSR count). The fourth-order valence-electron chi connectivity index (χ4n) is 5.25. The summed E-state index contributed by atoms with van der Waals surface area (Å²) >= 11 is 0. The average Bonchev–Trinajstić information content (AvgIpc) is 2.66. The molecule has 0 aromatic carbocycles. The molecule has 17 heavy (non-hydrogen) atoms. The van der Waals surface area contributed by atoms with Crippen LogP contribution in [0, 0.1) is 23.2 Å². The normalized spacial score (nSPS) is 42.5. The molecule has 0 saturated heterocycles. The molecule has 4 aliphatic carbocycles. The Kier molecular flexibility index (Phi) is 2.73. The molecule has 1 aromatic heterocycles.